The van der Waals surface area contributed by atoms with E-state index in [0.29, 0.717) is 18.2 Å². The number of hydrogen-bond donors (Lipinski definition) is 2. The predicted molar refractivity (Wildman–Crippen MR) is 112 cm³/mol. The number of pyridine rings is 1. The Bertz CT molecular complexity index is 1240. The second-order valence-corrected chi connectivity index (χ2v) is 7.51. The molecule has 2 aromatic carbocycles. The number of hydrogen-bond acceptors (Lipinski definition) is 4. The van der Waals surface area contributed by atoms with Crippen molar-refractivity contribution in [2.45, 2.75) is 12.4 Å². The molecule has 0 aliphatic heterocycles. The summed E-state index contributed by atoms with van der Waals surface area (Å²) in [5, 5.41) is -0.904. The molecule has 2 N–H and O–H groups in total. The van der Waals surface area contributed by atoms with Crippen LogP contribution in [0.25, 0.3) is 0 Å². The van der Waals surface area contributed by atoms with Crippen LogP contribution in [-0.2, 0) is 12.4 Å². The smallest absolute Gasteiger partial charge is 0.295 e. The highest BCUT2D eigenvalue weighted by molar-refractivity contribution is 6.39. The van der Waals surface area contributed by atoms with Crippen molar-refractivity contribution in [3.05, 3.63) is 92.7 Å². The van der Waals surface area contributed by atoms with E-state index in [0.717, 1.165) is 24.4 Å². The zero-order valence-electron chi connectivity index (χ0n) is 16.5. The number of benzene rings is 2. The van der Waals surface area contributed by atoms with Crippen molar-refractivity contribution in [2.24, 2.45) is 0 Å². The fraction of sp³-hybridized carbons (Fsp3) is 0.0952. The van der Waals surface area contributed by atoms with Crippen molar-refractivity contribution in [2.75, 3.05) is 5.43 Å². The number of carbonyl (C=O) groups excluding carboxylic acids is 2. The van der Waals surface area contributed by atoms with Crippen molar-refractivity contribution in [1.29, 1.82) is 0 Å². The van der Waals surface area contributed by atoms with Gasteiger partial charge in [0.2, 0.25) is 5.78 Å². The van der Waals surface area contributed by atoms with E-state index in [9.17, 15) is 35.9 Å². The number of alkyl halides is 6. The molecule has 1 heterocycles. The van der Waals surface area contributed by atoms with E-state index in [-0.39, 0.29) is 16.8 Å². The fourth-order valence-electron chi connectivity index (χ4n) is 2.79. The molecule has 3 aromatic rings. The molecule has 1 amide bonds. The Kier molecular flexibility index (Phi) is 7.08. The lowest BCUT2D eigenvalue weighted by Crippen LogP contribution is -2.31. The van der Waals surface area contributed by atoms with Crippen LogP contribution in [0.2, 0.25) is 10.0 Å². The van der Waals surface area contributed by atoms with Crippen molar-refractivity contribution in [3.63, 3.8) is 0 Å². The van der Waals surface area contributed by atoms with Gasteiger partial charge in [0.15, 0.2) is 0 Å². The van der Waals surface area contributed by atoms with Gasteiger partial charge in [-0.1, -0.05) is 35.3 Å². The highest BCUT2D eigenvalue weighted by atomic mass is 35.5. The number of nitrogens with one attached hydrogen (secondary N) is 2. The molecule has 0 unspecified atom stereocenters. The lowest BCUT2D eigenvalue weighted by molar-refractivity contribution is -0.138. The monoisotopic (exact) mass is 521 g/mol. The topological polar surface area (TPSA) is 71.1 Å². The number of anilines is 1. The first kappa shape index (κ1) is 25.3. The Labute approximate surface area is 197 Å². The van der Waals surface area contributed by atoms with Gasteiger partial charge in [-0.15, -0.1) is 0 Å². The van der Waals surface area contributed by atoms with Gasteiger partial charge in [0, 0.05) is 11.8 Å². The van der Waals surface area contributed by atoms with Crippen LogP contribution in [0.15, 0.2) is 54.7 Å². The third-order valence-electron chi connectivity index (χ3n) is 4.39. The zero-order valence-corrected chi connectivity index (χ0v) is 18.0. The van der Waals surface area contributed by atoms with Crippen LogP contribution in [0.5, 0.6) is 0 Å². The Morgan fingerprint density at radius 2 is 1.44 bits per heavy atom. The highest BCUT2D eigenvalue weighted by Gasteiger charge is 2.33. The molecular weight excluding hydrogens is 511 g/mol. The Morgan fingerprint density at radius 1 is 0.824 bits per heavy atom. The number of halogens is 8. The second-order valence-electron chi connectivity index (χ2n) is 6.70. The maximum Gasteiger partial charge on any atom is 0.416 e. The van der Waals surface area contributed by atoms with Crippen LogP contribution in [0.1, 0.15) is 37.5 Å². The van der Waals surface area contributed by atoms with Crippen molar-refractivity contribution in [3.8, 4) is 0 Å². The molecule has 0 atom stereocenters. The minimum absolute atomic E-state index is 0.251. The highest BCUT2D eigenvalue weighted by Crippen LogP contribution is 2.38. The van der Waals surface area contributed by atoms with Crippen molar-refractivity contribution < 1.29 is 35.9 Å². The molecular formula is C21H11Cl2F6N3O2. The van der Waals surface area contributed by atoms with Crippen LogP contribution in [0, 0.1) is 0 Å². The molecule has 1 aromatic heterocycles. The zero-order chi connectivity index (χ0) is 25.3. The summed E-state index contributed by atoms with van der Waals surface area (Å²) in [5.41, 5.74) is 0.845. The summed E-state index contributed by atoms with van der Waals surface area (Å²) in [4.78, 5) is 29.2. The number of nitrogens with zero attached hydrogens (tertiary/aromatic N) is 1. The van der Waals surface area contributed by atoms with Gasteiger partial charge in [-0.25, -0.2) is 0 Å². The summed E-state index contributed by atoms with van der Waals surface area (Å²) in [7, 11) is 0. The Hall–Kier alpha value is -3.31. The summed E-state index contributed by atoms with van der Waals surface area (Å²) < 4.78 is 77.5. The van der Waals surface area contributed by atoms with E-state index >= 15 is 0 Å². The average molecular weight is 522 g/mol. The standard InChI is InChI=1S/C21H11Cl2F6N3O2/c22-14-8-12(21(27,28)29)9-15(23)17(14)31-32-19(34)13-5-2-6-30-16(13)18(33)10-3-1-4-11(7-10)20(24,25)26/h1-9,31H,(H,32,34). The minimum atomic E-state index is -4.70. The summed E-state index contributed by atoms with van der Waals surface area (Å²) in [6, 6.07) is 7.24. The molecule has 0 aliphatic rings. The maximum atomic E-state index is 13.0. The van der Waals surface area contributed by atoms with Crippen molar-refractivity contribution >= 4 is 40.6 Å². The third-order valence-corrected chi connectivity index (χ3v) is 4.99. The maximum absolute atomic E-state index is 13.0. The third kappa shape index (κ3) is 5.60. The van der Waals surface area contributed by atoms with Crippen LogP contribution in [0.3, 0.4) is 0 Å². The number of aromatic nitrogens is 1. The number of carbonyl (C=O) groups is 2. The van der Waals surface area contributed by atoms with Gasteiger partial charge in [0.25, 0.3) is 5.91 Å². The van der Waals surface area contributed by atoms with Gasteiger partial charge in [-0.2, -0.15) is 26.3 Å². The van der Waals surface area contributed by atoms with E-state index < -0.39 is 50.9 Å². The first-order chi connectivity index (χ1) is 15.8. The van der Waals surface area contributed by atoms with Gasteiger partial charge in [0.05, 0.1) is 32.4 Å². The van der Waals surface area contributed by atoms with Gasteiger partial charge >= 0.3 is 12.4 Å². The van der Waals surface area contributed by atoms with Gasteiger partial charge in [-0.3, -0.25) is 25.4 Å². The predicted octanol–water partition coefficient (Wildman–Crippen LogP) is 6.41. The first-order valence-corrected chi connectivity index (χ1v) is 9.84. The Morgan fingerprint density at radius 3 is 2.03 bits per heavy atom. The van der Waals surface area contributed by atoms with Gasteiger partial charge in [0.1, 0.15) is 5.69 Å². The van der Waals surface area contributed by atoms with Gasteiger partial charge in [-0.05, 0) is 36.4 Å². The summed E-state index contributed by atoms with van der Waals surface area (Å²) in [6.07, 6.45) is -8.23. The number of rotatable bonds is 5. The molecule has 3 rings (SSSR count). The molecule has 178 valence electrons. The normalized spacial score (nSPS) is 11.8. The molecule has 0 spiro atoms. The molecule has 13 heteroatoms. The summed E-state index contributed by atoms with van der Waals surface area (Å²) in [6.45, 7) is 0. The van der Waals surface area contributed by atoms with Crippen molar-refractivity contribution in [1.82, 2.24) is 10.4 Å². The second kappa shape index (κ2) is 9.51. The molecule has 0 bridgehead atoms. The fourth-order valence-corrected chi connectivity index (χ4v) is 3.37. The average Bonchev–Trinajstić information content (AvgIpc) is 2.76. The summed E-state index contributed by atoms with van der Waals surface area (Å²) in [5.74, 6) is -1.93. The molecule has 34 heavy (non-hydrogen) atoms. The van der Waals surface area contributed by atoms with E-state index in [1.54, 1.807) is 0 Å². The lowest BCUT2D eigenvalue weighted by Gasteiger charge is -2.15. The number of ketones is 1. The van der Waals surface area contributed by atoms with E-state index in [4.69, 9.17) is 23.2 Å². The minimum Gasteiger partial charge on any atom is -0.295 e. The van der Waals surface area contributed by atoms with Crippen LogP contribution in [0.4, 0.5) is 32.0 Å². The first-order valence-electron chi connectivity index (χ1n) is 9.08. The molecule has 5 nitrogen and oxygen atoms in total. The van der Waals surface area contributed by atoms with Crippen LogP contribution in [-0.4, -0.2) is 16.7 Å². The summed E-state index contributed by atoms with van der Waals surface area (Å²) >= 11 is 11.7. The van der Waals surface area contributed by atoms with E-state index in [1.807, 2.05) is 0 Å². The Balaban J connectivity index is 1.86. The molecule has 0 aliphatic carbocycles. The van der Waals surface area contributed by atoms with Crippen LogP contribution < -0.4 is 10.9 Å². The van der Waals surface area contributed by atoms with E-state index in [2.05, 4.69) is 15.8 Å². The lowest BCUT2D eigenvalue weighted by atomic mass is 10.0. The molecule has 0 radical (unpaired) electrons. The van der Waals surface area contributed by atoms with Crippen LogP contribution >= 0.6 is 23.2 Å². The molecule has 0 saturated heterocycles. The SMILES string of the molecule is O=C(NNc1c(Cl)cc(C(F)(F)F)cc1Cl)c1cccnc1C(=O)c1cccc(C(F)(F)F)c1. The quantitative estimate of drug-likeness (QED) is 0.231. The molecule has 0 fully saturated rings. The number of amides is 1. The largest absolute Gasteiger partial charge is 0.416 e. The molecule has 0 saturated carbocycles. The van der Waals surface area contributed by atoms with E-state index in [1.165, 1.54) is 12.1 Å². The number of hydrazine groups is 1. The van der Waals surface area contributed by atoms with Gasteiger partial charge < -0.3 is 0 Å².